The van der Waals surface area contributed by atoms with E-state index in [2.05, 4.69) is 40.3 Å². The highest BCUT2D eigenvalue weighted by molar-refractivity contribution is 9.10. The zero-order chi connectivity index (χ0) is 10.4. The predicted octanol–water partition coefficient (Wildman–Crippen LogP) is 2.85. The van der Waals surface area contributed by atoms with Gasteiger partial charge in [0.05, 0.1) is 0 Å². The Morgan fingerprint density at radius 1 is 1.50 bits per heavy atom. The van der Waals surface area contributed by atoms with Gasteiger partial charge < -0.3 is 11.1 Å². The lowest BCUT2D eigenvalue weighted by Crippen LogP contribution is -2.14. The topological polar surface area (TPSA) is 38.0 Å². The molecule has 1 rings (SSSR count). The van der Waals surface area contributed by atoms with Gasteiger partial charge >= 0.3 is 0 Å². The van der Waals surface area contributed by atoms with Crippen LogP contribution in [0.4, 0.5) is 5.69 Å². The third kappa shape index (κ3) is 4.11. The summed E-state index contributed by atoms with van der Waals surface area (Å²) >= 11 is 3.44. The SMILES string of the molecule is CC(CN)CCNc1cccc(Br)c1. The van der Waals surface area contributed by atoms with Crippen molar-refractivity contribution >= 4 is 21.6 Å². The normalized spacial score (nSPS) is 12.5. The summed E-state index contributed by atoms with van der Waals surface area (Å²) in [5, 5.41) is 3.37. The molecule has 0 aromatic heterocycles. The molecular formula is C11H17BrN2. The molecule has 0 heterocycles. The summed E-state index contributed by atoms with van der Waals surface area (Å²) in [6.07, 6.45) is 1.11. The number of nitrogens with two attached hydrogens (primary N) is 1. The lowest BCUT2D eigenvalue weighted by molar-refractivity contribution is 0.561. The fourth-order valence-corrected chi connectivity index (χ4v) is 1.58. The molecule has 0 bridgehead atoms. The summed E-state index contributed by atoms with van der Waals surface area (Å²) in [5.41, 5.74) is 6.70. The number of hydrogen-bond donors (Lipinski definition) is 2. The summed E-state index contributed by atoms with van der Waals surface area (Å²) in [7, 11) is 0. The van der Waals surface area contributed by atoms with Crippen LogP contribution in [-0.4, -0.2) is 13.1 Å². The standard InChI is InChI=1S/C11H17BrN2/c1-9(8-13)5-6-14-11-4-2-3-10(12)7-11/h2-4,7,9,14H,5-6,8,13H2,1H3. The first-order chi connectivity index (χ1) is 6.72. The van der Waals surface area contributed by atoms with Crippen LogP contribution in [0.15, 0.2) is 28.7 Å². The second-order valence-electron chi connectivity index (χ2n) is 3.57. The molecule has 0 saturated heterocycles. The van der Waals surface area contributed by atoms with Crippen LogP contribution in [0.1, 0.15) is 13.3 Å². The van der Waals surface area contributed by atoms with Crippen LogP contribution < -0.4 is 11.1 Å². The monoisotopic (exact) mass is 256 g/mol. The first-order valence-corrected chi connectivity index (χ1v) is 5.71. The smallest absolute Gasteiger partial charge is 0.0351 e. The maximum atomic E-state index is 5.54. The number of rotatable bonds is 5. The Hall–Kier alpha value is -0.540. The van der Waals surface area contributed by atoms with Crippen LogP contribution in [-0.2, 0) is 0 Å². The van der Waals surface area contributed by atoms with Gasteiger partial charge in [-0.1, -0.05) is 28.9 Å². The number of nitrogens with one attached hydrogen (secondary N) is 1. The van der Waals surface area contributed by atoms with Gasteiger partial charge in [0, 0.05) is 16.7 Å². The molecule has 1 unspecified atom stereocenters. The van der Waals surface area contributed by atoms with E-state index < -0.39 is 0 Å². The van der Waals surface area contributed by atoms with E-state index in [0.717, 1.165) is 29.7 Å². The first kappa shape index (κ1) is 11.5. The Morgan fingerprint density at radius 3 is 2.93 bits per heavy atom. The summed E-state index contributed by atoms with van der Waals surface area (Å²) in [6, 6.07) is 8.19. The van der Waals surface area contributed by atoms with E-state index in [1.807, 2.05) is 12.1 Å². The second kappa shape index (κ2) is 6.04. The van der Waals surface area contributed by atoms with Crippen LogP contribution in [0.3, 0.4) is 0 Å². The molecule has 0 aliphatic heterocycles. The van der Waals surface area contributed by atoms with Gasteiger partial charge in [0.1, 0.15) is 0 Å². The molecule has 0 aliphatic carbocycles. The maximum absolute atomic E-state index is 5.54. The van der Waals surface area contributed by atoms with Gasteiger partial charge in [0.15, 0.2) is 0 Å². The fraction of sp³-hybridized carbons (Fsp3) is 0.455. The molecule has 0 saturated carbocycles. The number of anilines is 1. The van der Waals surface area contributed by atoms with Crippen LogP contribution in [0, 0.1) is 5.92 Å². The molecule has 3 heteroatoms. The fourth-order valence-electron chi connectivity index (χ4n) is 1.18. The molecule has 2 nitrogen and oxygen atoms in total. The first-order valence-electron chi connectivity index (χ1n) is 4.92. The highest BCUT2D eigenvalue weighted by Crippen LogP contribution is 2.15. The Morgan fingerprint density at radius 2 is 2.29 bits per heavy atom. The van der Waals surface area contributed by atoms with E-state index in [4.69, 9.17) is 5.73 Å². The molecule has 0 amide bonds. The third-order valence-electron chi connectivity index (χ3n) is 2.19. The zero-order valence-electron chi connectivity index (χ0n) is 8.46. The van der Waals surface area contributed by atoms with Crippen molar-refractivity contribution in [1.82, 2.24) is 0 Å². The number of halogens is 1. The summed E-state index contributed by atoms with van der Waals surface area (Å²) in [6.45, 7) is 3.91. The lowest BCUT2D eigenvalue weighted by Gasteiger charge is -2.10. The van der Waals surface area contributed by atoms with Crippen LogP contribution in [0.2, 0.25) is 0 Å². The summed E-state index contributed by atoms with van der Waals surface area (Å²) in [4.78, 5) is 0. The maximum Gasteiger partial charge on any atom is 0.0351 e. The highest BCUT2D eigenvalue weighted by Gasteiger charge is 1.98. The quantitative estimate of drug-likeness (QED) is 0.851. The van der Waals surface area contributed by atoms with E-state index >= 15 is 0 Å². The average molecular weight is 257 g/mol. The van der Waals surface area contributed by atoms with E-state index in [0.29, 0.717) is 5.92 Å². The Bertz CT molecular complexity index is 276. The Kier molecular flexibility index (Phi) is 4.98. The van der Waals surface area contributed by atoms with Gasteiger partial charge in [-0.15, -0.1) is 0 Å². The van der Waals surface area contributed by atoms with Gasteiger partial charge in [-0.3, -0.25) is 0 Å². The van der Waals surface area contributed by atoms with Gasteiger partial charge in [-0.2, -0.15) is 0 Å². The van der Waals surface area contributed by atoms with Crippen molar-refractivity contribution in [2.45, 2.75) is 13.3 Å². The predicted molar refractivity (Wildman–Crippen MR) is 65.5 cm³/mol. The molecule has 0 spiro atoms. The molecule has 78 valence electrons. The molecule has 3 N–H and O–H groups in total. The van der Waals surface area contributed by atoms with Crippen LogP contribution >= 0.6 is 15.9 Å². The number of hydrogen-bond acceptors (Lipinski definition) is 2. The minimum Gasteiger partial charge on any atom is -0.385 e. The average Bonchev–Trinajstić information content (AvgIpc) is 2.17. The van der Waals surface area contributed by atoms with Gasteiger partial charge in [0.25, 0.3) is 0 Å². The third-order valence-corrected chi connectivity index (χ3v) is 2.69. The minimum atomic E-state index is 0.592. The van der Waals surface area contributed by atoms with Gasteiger partial charge in [0.2, 0.25) is 0 Å². The van der Waals surface area contributed by atoms with Crippen molar-refractivity contribution in [2.75, 3.05) is 18.4 Å². The van der Waals surface area contributed by atoms with E-state index in [1.165, 1.54) is 0 Å². The molecule has 14 heavy (non-hydrogen) atoms. The summed E-state index contributed by atoms with van der Waals surface area (Å²) < 4.78 is 1.11. The minimum absolute atomic E-state index is 0.592. The van der Waals surface area contributed by atoms with Crippen molar-refractivity contribution < 1.29 is 0 Å². The molecule has 0 fully saturated rings. The van der Waals surface area contributed by atoms with Crippen molar-refractivity contribution in [1.29, 1.82) is 0 Å². The molecule has 1 aromatic carbocycles. The van der Waals surface area contributed by atoms with Crippen LogP contribution in [0.5, 0.6) is 0 Å². The van der Waals surface area contributed by atoms with E-state index in [9.17, 15) is 0 Å². The molecule has 0 aliphatic rings. The van der Waals surface area contributed by atoms with Gasteiger partial charge in [-0.05, 0) is 37.1 Å². The van der Waals surface area contributed by atoms with Crippen molar-refractivity contribution in [3.8, 4) is 0 Å². The zero-order valence-corrected chi connectivity index (χ0v) is 10.0. The second-order valence-corrected chi connectivity index (χ2v) is 4.48. The highest BCUT2D eigenvalue weighted by atomic mass is 79.9. The van der Waals surface area contributed by atoms with Crippen molar-refractivity contribution in [3.63, 3.8) is 0 Å². The Balaban J connectivity index is 2.31. The van der Waals surface area contributed by atoms with Gasteiger partial charge in [-0.25, -0.2) is 0 Å². The molecule has 1 aromatic rings. The van der Waals surface area contributed by atoms with Crippen LogP contribution in [0.25, 0.3) is 0 Å². The molecule has 1 atom stereocenters. The van der Waals surface area contributed by atoms with E-state index in [-0.39, 0.29) is 0 Å². The largest absolute Gasteiger partial charge is 0.385 e. The lowest BCUT2D eigenvalue weighted by atomic mass is 10.1. The Labute approximate surface area is 94.0 Å². The number of benzene rings is 1. The van der Waals surface area contributed by atoms with Crippen molar-refractivity contribution in [3.05, 3.63) is 28.7 Å². The molecular weight excluding hydrogens is 240 g/mol. The van der Waals surface area contributed by atoms with E-state index in [1.54, 1.807) is 0 Å². The molecule has 0 radical (unpaired) electrons. The summed E-state index contributed by atoms with van der Waals surface area (Å²) in [5.74, 6) is 0.592. The van der Waals surface area contributed by atoms with Crippen molar-refractivity contribution in [2.24, 2.45) is 11.7 Å².